The maximum atomic E-state index is 13.6. The van der Waals surface area contributed by atoms with E-state index in [-0.39, 0.29) is 12.4 Å². The average molecular weight is 372 g/mol. The van der Waals surface area contributed by atoms with Gasteiger partial charge < -0.3 is 10.5 Å². The summed E-state index contributed by atoms with van der Waals surface area (Å²) in [6.07, 6.45) is 0. The van der Waals surface area contributed by atoms with Crippen molar-refractivity contribution in [2.24, 2.45) is 5.73 Å². The molecule has 110 valence electrons. The third kappa shape index (κ3) is 3.77. The van der Waals surface area contributed by atoms with E-state index in [1.807, 2.05) is 13.0 Å². The van der Waals surface area contributed by atoms with E-state index in [9.17, 15) is 8.78 Å². The molecule has 6 heteroatoms. The van der Waals surface area contributed by atoms with Gasteiger partial charge in [0.15, 0.2) is 11.6 Å². The first-order chi connectivity index (χ1) is 9.88. The van der Waals surface area contributed by atoms with E-state index in [4.69, 9.17) is 22.7 Å². The summed E-state index contributed by atoms with van der Waals surface area (Å²) in [6, 6.07) is 7.84. The standard InChI is InChI=1S/C15H12BrF2NOS/c1-8-4-9(15(19)21)2-3-10(8)7-20-13-6-11(16)5-12(17)14(13)18/h2-6H,7H2,1H3,(H2,19,21). The molecule has 0 saturated heterocycles. The van der Waals surface area contributed by atoms with Crippen molar-refractivity contribution in [3.63, 3.8) is 0 Å². The number of ether oxygens (including phenoxy) is 1. The molecule has 2 N–H and O–H groups in total. The summed E-state index contributed by atoms with van der Waals surface area (Å²) in [5, 5.41) is 0. The molecule has 0 unspecified atom stereocenters. The Morgan fingerprint density at radius 2 is 2.00 bits per heavy atom. The number of benzene rings is 2. The molecule has 2 aromatic carbocycles. The Morgan fingerprint density at radius 3 is 2.62 bits per heavy atom. The molecule has 0 aliphatic rings. The molecule has 2 aromatic rings. The molecule has 0 atom stereocenters. The number of nitrogens with two attached hydrogens (primary N) is 1. The minimum absolute atomic E-state index is 0.121. The van der Waals surface area contributed by atoms with Crippen molar-refractivity contribution in [3.8, 4) is 5.75 Å². The topological polar surface area (TPSA) is 35.2 Å². The molecule has 0 aliphatic heterocycles. The fraction of sp³-hybridized carbons (Fsp3) is 0.133. The van der Waals surface area contributed by atoms with Crippen LogP contribution in [0.4, 0.5) is 8.78 Å². The second-order valence-corrected chi connectivity index (χ2v) is 5.85. The van der Waals surface area contributed by atoms with Gasteiger partial charge in [-0.1, -0.05) is 40.3 Å². The summed E-state index contributed by atoms with van der Waals surface area (Å²) in [5.41, 5.74) is 8.07. The van der Waals surface area contributed by atoms with Gasteiger partial charge in [-0.05, 0) is 36.2 Å². The summed E-state index contributed by atoms with van der Waals surface area (Å²) in [4.78, 5) is 0.311. The van der Waals surface area contributed by atoms with Crippen LogP contribution in [0.3, 0.4) is 0 Å². The number of halogens is 3. The van der Waals surface area contributed by atoms with E-state index in [2.05, 4.69) is 15.9 Å². The monoisotopic (exact) mass is 371 g/mol. The molecule has 0 heterocycles. The molecular formula is C15H12BrF2NOS. The lowest BCUT2D eigenvalue weighted by Gasteiger charge is -2.11. The first-order valence-corrected chi connectivity index (χ1v) is 7.25. The first-order valence-electron chi connectivity index (χ1n) is 6.05. The van der Waals surface area contributed by atoms with Gasteiger partial charge in [-0.2, -0.15) is 4.39 Å². The van der Waals surface area contributed by atoms with Gasteiger partial charge in [-0.3, -0.25) is 0 Å². The van der Waals surface area contributed by atoms with Crippen molar-refractivity contribution in [1.82, 2.24) is 0 Å². The van der Waals surface area contributed by atoms with E-state index in [1.165, 1.54) is 6.07 Å². The molecular weight excluding hydrogens is 360 g/mol. The lowest BCUT2D eigenvalue weighted by molar-refractivity contribution is 0.283. The molecule has 2 nitrogen and oxygen atoms in total. The minimum Gasteiger partial charge on any atom is -0.486 e. The van der Waals surface area contributed by atoms with Crippen LogP contribution >= 0.6 is 28.1 Å². The Balaban J connectivity index is 2.19. The first kappa shape index (κ1) is 15.9. The van der Waals surface area contributed by atoms with E-state index in [1.54, 1.807) is 12.1 Å². The number of hydrogen-bond donors (Lipinski definition) is 1. The summed E-state index contributed by atoms with van der Waals surface area (Å²) in [6.45, 7) is 1.99. The zero-order valence-corrected chi connectivity index (χ0v) is 13.5. The van der Waals surface area contributed by atoms with Crippen molar-refractivity contribution in [1.29, 1.82) is 0 Å². The highest BCUT2D eigenvalue weighted by Crippen LogP contribution is 2.26. The summed E-state index contributed by atoms with van der Waals surface area (Å²) >= 11 is 8.00. The quantitative estimate of drug-likeness (QED) is 0.644. The number of aryl methyl sites for hydroxylation is 1. The Labute approximate surface area is 135 Å². The van der Waals surface area contributed by atoms with Gasteiger partial charge in [0, 0.05) is 10.0 Å². The van der Waals surface area contributed by atoms with Gasteiger partial charge >= 0.3 is 0 Å². The third-order valence-corrected chi connectivity index (χ3v) is 3.66. The number of hydrogen-bond acceptors (Lipinski definition) is 2. The van der Waals surface area contributed by atoms with E-state index in [0.29, 0.717) is 9.46 Å². The van der Waals surface area contributed by atoms with E-state index >= 15 is 0 Å². The molecule has 21 heavy (non-hydrogen) atoms. The van der Waals surface area contributed by atoms with Gasteiger partial charge in [0.25, 0.3) is 0 Å². The van der Waals surface area contributed by atoms with Crippen LogP contribution in [0.15, 0.2) is 34.8 Å². The Bertz CT molecular complexity index is 706. The van der Waals surface area contributed by atoms with Gasteiger partial charge in [-0.25, -0.2) is 4.39 Å². The van der Waals surface area contributed by atoms with Crippen LogP contribution in [-0.2, 0) is 6.61 Å². The largest absolute Gasteiger partial charge is 0.486 e. The van der Waals surface area contributed by atoms with Crippen LogP contribution in [0.25, 0.3) is 0 Å². The number of rotatable bonds is 4. The smallest absolute Gasteiger partial charge is 0.200 e. The van der Waals surface area contributed by atoms with Crippen LogP contribution in [0.1, 0.15) is 16.7 Å². The fourth-order valence-corrected chi connectivity index (χ4v) is 2.34. The summed E-state index contributed by atoms with van der Waals surface area (Å²) < 4.78 is 32.6. The molecule has 0 bridgehead atoms. The maximum absolute atomic E-state index is 13.6. The maximum Gasteiger partial charge on any atom is 0.200 e. The second kappa shape index (κ2) is 6.49. The fourth-order valence-electron chi connectivity index (χ4n) is 1.80. The molecule has 2 rings (SSSR count). The van der Waals surface area contributed by atoms with Gasteiger partial charge in [0.2, 0.25) is 5.82 Å². The second-order valence-electron chi connectivity index (χ2n) is 4.49. The van der Waals surface area contributed by atoms with E-state index in [0.717, 1.165) is 22.8 Å². The van der Waals surface area contributed by atoms with Gasteiger partial charge in [0.05, 0.1) is 0 Å². The van der Waals surface area contributed by atoms with Crippen LogP contribution in [-0.4, -0.2) is 4.99 Å². The van der Waals surface area contributed by atoms with Crippen LogP contribution in [0.5, 0.6) is 5.75 Å². The molecule has 0 spiro atoms. The van der Waals surface area contributed by atoms with Gasteiger partial charge in [0.1, 0.15) is 11.6 Å². The zero-order chi connectivity index (χ0) is 15.6. The molecule has 0 aromatic heterocycles. The molecule has 0 fully saturated rings. The lowest BCUT2D eigenvalue weighted by atomic mass is 10.1. The van der Waals surface area contributed by atoms with Crippen LogP contribution in [0, 0.1) is 18.6 Å². The predicted octanol–water partition coefficient (Wildman–Crippen LogP) is 4.25. The van der Waals surface area contributed by atoms with Crippen molar-refractivity contribution < 1.29 is 13.5 Å². The normalized spacial score (nSPS) is 10.5. The highest BCUT2D eigenvalue weighted by atomic mass is 79.9. The van der Waals surface area contributed by atoms with Crippen molar-refractivity contribution >= 4 is 33.1 Å². The van der Waals surface area contributed by atoms with Crippen molar-refractivity contribution in [2.75, 3.05) is 0 Å². The van der Waals surface area contributed by atoms with E-state index < -0.39 is 11.6 Å². The van der Waals surface area contributed by atoms with Crippen LogP contribution in [0.2, 0.25) is 0 Å². The predicted molar refractivity (Wildman–Crippen MR) is 85.5 cm³/mol. The average Bonchev–Trinajstić information content (AvgIpc) is 2.42. The third-order valence-electron chi connectivity index (χ3n) is 2.97. The minimum atomic E-state index is -1.00. The zero-order valence-electron chi connectivity index (χ0n) is 11.1. The Kier molecular flexibility index (Phi) is 4.90. The van der Waals surface area contributed by atoms with Crippen molar-refractivity contribution in [2.45, 2.75) is 13.5 Å². The molecule has 0 aliphatic carbocycles. The molecule has 0 amide bonds. The molecule has 0 radical (unpaired) electrons. The van der Waals surface area contributed by atoms with Crippen molar-refractivity contribution in [3.05, 3.63) is 63.1 Å². The molecule has 0 saturated carbocycles. The summed E-state index contributed by atoms with van der Waals surface area (Å²) in [5.74, 6) is -2.10. The lowest BCUT2D eigenvalue weighted by Crippen LogP contribution is -2.10. The highest BCUT2D eigenvalue weighted by Gasteiger charge is 2.12. The Morgan fingerprint density at radius 1 is 1.29 bits per heavy atom. The number of thiocarbonyl (C=S) groups is 1. The van der Waals surface area contributed by atoms with Crippen LogP contribution < -0.4 is 10.5 Å². The SMILES string of the molecule is Cc1cc(C(N)=S)ccc1COc1cc(Br)cc(F)c1F. The van der Waals surface area contributed by atoms with Gasteiger partial charge in [-0.15, -0.1) is 0 Å². The highest BCUT2D eigenvalue weighted by molar-refractivity contribution is 9.10. The Hall–Kier alpha value is -1.53. The summed E-state index contributed by atoms with van der Waals surface area (Å²) in [7, 11) is 0.